The fourth-order valence-electron chi connectivity index (χ4n) is 2.65. The Hall–Kier alpha value is -1.15. The topological polar surface area (TPSA) is 62.3 Å². The van der Waals surface area contributed by atoms with Crippen molar-refractivity contribution >= 4 is 38.8 Å². The van der Waals surface area contributed by atoms with E-state index in [4.69, 9.17) is 11.6 Å². The number of thiophene rings is 1. The first-order chi connectivity index (χ1) is 10.9. The van der Waals surface area contributed by atoms with Crippen LogP contribution in [0.3, 0.4) is 0 Å². The Bertz CT molecular complexity index is 784. The zero-order chi connectivity index (χ0) is 16.4. The Morgan fingerprint density at radius 1 is 1.26 bits per heavy atom. The molecule has 1 N–H and O–H groups in total. The van der Waals surface area contributed by atoms with Crippen LogP contribution in [0.2, 0.25) is 4.34 Å². The number of nitrogens with zero attached hydrogens (tertiary/aromatic N) is 2. The second-order valence-electron chi connectivity index (χ2n) is 5.58. The number of sulfonamides is 1. The van der Waals surface area contributed by atoms with Crippen LogP contribution in [0.5, 0.6) is 0 Å². The number of piperidine rings is 1. The van der Waals surface area contributed by atoms with Crippen LogP contribution in [-0.2, 0) is 10.0 Å². The van der Waals surface area contributed by atoms with Gasteiger partial charge < -0.3 is 4.90 Å². The zero-order valence-electron chi connectivity index (χ0n) is 12.7. The van der Waals surface area contributed by atoms with Crippen LogP contribution in [-0.4, -0.2) is 32.5 Å². The molecule has 0 spiro atoms. The minimum Gasteiger partial charge on any atom is -0.356 e. The van der Waals surface area contributed by atoms with Gasteiger partial charge in [-0.05, 0) is 44.0 Å². The third kappa shape index (κ3) is 4.03. The maximum atomic E-state index is 12.3. The van der Waals surface area contributed by atoms with E-state index in [1.807, 2.05) is 25.1 Å². The molecule has 23 heavy (non-hydrogen) atoms. The molecular formula is C15H18ClN3O2S2. The first-order valence-electron chi connectivity index (χ1n) is 7.40. The molecule has 0 unspecified atom stereocenters. The van der Waals surface area contributed by atoms with Gasteiger partial charge in [0.1, 0.15) is 10.0 Å². The predicted octanol–water partition coefficient (Wildman–Crippen LogP) is 3.05. The molecule has 0 aliphatic carbocycles. The molecular weight excluding hydrogens is 354 g/mol. The fraction of sp³-hybridized carbons (Fsp3) is 0.400. The van der Waals surface area contributed by atoms with Crippen LogP contribution in [0.25, 0.3) is 0 Å². The number of halogens is 1. The molecule has 1 aliphatic rings. The number of hydrogen-bond donors (Lipinski definition) is 1. The minimum absolute atomic E-state index is 0.0538. The van der Waals surface area contributed by atoms with E-state index in [1.165, 1.54) is 0 Å². The molecule has 0 aromatic carbocycles. The lowest BCUT2D eigenvalue weighted by molar-refractivity contribution is 0.459. The molecule has 3 heterocycles. The van der Waals surface area contributed by atoms with Gasteiger partial charge in [0.2, 0.25) is 10.0 Å². The lowest BCUT2D eigenvalue weighted by Gasteiger charge is -2.33. The van der Waals surface area contributed by atoms with E-state index in [-0.39, 0.29) is 10.3 Å². The number of aryl methyl sites for hydroxylation is 1. The lowest BCUT2D eigenvalue weighted by Crippen LogP contribution is -2.44. The standard InChI is InChI=1S/C15H18ClN3O2S2/c1-11-3-2-4-14(17-11)19-9-7-12(8-10-19)18-23(20,21)15-6-5-13(16)22-15/h2-6,12,18H,7-10H2,1H3. The molecule has 0 atom stereocenters. The molecule has 8 heteroatoms. The van der Waals surface area contributed by atoms with Crippen LogP contribution >= 0.6 is 22.9 Å². The van der Waals surface area contributed by atoms with Crippen LogP contribution < -0.4 is 9.62 Å². The largest absolute Gasteiger partial charge is 0.356 e. The number of anilines is 1. The highest BCUT2D eigenvalue weighted by Gasteiger charge is 2.26. The van der Waals surface area contributed by atoms with Gasteiger partial charge >= 0.3 is 0 Å². The summed E-state index contributed by atoms with van der Waals surface area (Å²) in [5.41, 5.74) is 0.986. The van der Waals surface area contributed by atoms with E-state index in [2.05, 4.69) is 14.6 Å². The summed E-state index contributed by atoms with van der Waals surface area (Å²) < 4.78 is 28.2. The van der Waals surface area contributed by atoms with Crippen molar-refractivity contribution in [1.82, 2.24) is 9.71 Å². The van der Waals surface area contributed by atoms with E-state index < -0.39 is 10.0 Å². The van der Waals surface area contributed by atoms with Gasteiger partial charge in [-0.1, -0.05) is 17.7 Å². The summed E-state index contributed by atoms with van der Waals surface area (Å²) in [6.07, 6.45) is 1.52. The monoisotopic (exact) mass is 371 g/mol. The van der Waals surface area contributed by atoms with Crippen molar-refractivity contribution in [1.29, 1.82) is 0 Å². The number of hydrogen-bond acceptors (Lipinski definition) is 5. The summed E-state index contributed by atoms with van der Waals surface area (Å²) in [6, 6.07) is 9.05. The molecule has 2 aromatic heterocycles. The number of pyridine rings is 1. The van der Waals surface area contributed by atoms with Crippen molar-refractivity contribution in [2.45, 2.75) is 30.0 Å². The number of rotatable bonds is 4. The highest BCUT2D eigenvalue weighted by molar-refractivity contribution is 7.91. The van der Waals surface area contributed by atoms with Gasteiger partial charge in [0.05, 0.1) is 4.34 Å². The smallest absolute Gasteiger partial charge is 0.250 e. The second kappa shape index (κ2) is 6.76. The van der Waals surface area contributed by atoms with Gasteiger partial charge in [0, 0.05) is 24.8 Å². The Morgan fingerprint density at radius 2 is 2.00 bits per heavy atom. The molecule has 5 nitrogen and oxygen atoms in total. The van der Waals surface area contributed by atoms with Gasteiger partial charge in [-0.15, -0.1) is 11.3 Å². The summed E-state index contributed by atoms with van der Waals surface area (Å²) in [5.74, 6) is 0.955. The molecule has 0 saturated carbocycles. The normalized spacial score (nSPS) is 16.7. The summed E-state index contributed by atoms with van der Waals surface area (Å²) in [6.45, 7) is 3.54. The van der Waals surface area contributed by atoms with Crippen molar-refractivity contribution in [2.24, 2.45) is 0 Å². The van der Waals surface area contributed by atoms with E-state index in [0.29, 0.717) is 4.34 Å². The van der Waals surface area contributed by atoms with Crippen molar-refractivity contribution < 1.29 is 8.42 Å². The summed E-state index contributed by atoms with van der Waals surface area (Å²) >= 11 is 6.90. The quantitative estimate of drug-likeness (QED) is 0.897. The summed E-state index contributed by atoms with van der Waals surface area (Å²) in [7, 11) is -3.48. The third-order valence-corrected chi connectivity index (χ3v) is 7.07. The molecule has 2 aromatic rings. The van der Waals surface area contributed by atoms with Gasteiger partial charge in [-0.25, -0.2) is 18.1 Å². The highest BCUT2D eigenvalue weighted by Crippen LogP contribution is 2.26. The molecule has 0 radical (unpaired) electrons. The van der Waals surface area contributed by atoms with Gasteiger partial charge in [-0.3, -0.25) is 0 Å². The van der Waals surface area contributed by atoms with Gasteiger partial charge in [0.15, 0.2) is 0 Å². The van der Waals surface area contributed by atoms with E-state index >= 15 is 0 Å². The SMILES string of the molecule is Cc1cccc(N2CCC(NS(=O)(=O)c3ccc(Cl)s3)CC2)n1. The van der Waals surface area contributed by atoms with Gasteiger partial charge in [0.25, 0.3) is 0 Å². The van der Waals surface area contributed by atoms with Crippen LogP contribution in [0.1, 0.15) is 18.5 Å². The Labute approximate surface area is 145 Å². The maximum absolute atomic E-state index is 12.3. The maximum Gasteiger partial charge on any atom is 0.250 e. The fourth-order valence-corrected chi connectivity index (χ4v) is 5.46. The average Bonchev–Trinajstić information content (AvgIpc) is 2.95. The van der Waals surface area contributed by atoms with Crippen molar-refractivity contribution in [3.8, 4) is 0 Å². The highest BCUT2D eigenvalue weighted by atomic mass is 35.5. The minimum atomic E-state index is -3.48. The van der Waals surface area contributed by atoms with Crippen molar-refractivity contribution in [2.75, 3.05) is 18.0 Å². The molecule has 1 saturated heterocycles. The molecule has 1 fully saturated rings. The predicted molar refractivity (Wildman–Crippen MR) is 93.9 cm³/mol. The van der Waals surface area contributed by atoms with Crippen LogP contribution in [0, 0.1) is 6.92 Å². The molecule has 0 bridgehead atoms. The first kappa shape index (κ1) is 16.7. The van der Waals surface area contributed by atoms with Crippen LogP contribution in [0.4, 0.5) is 5.82 Å². The number of aromatic nitrogens is 1. The third-order valence-electron chi connectivity index (χ3n) is 3.83. The summed E-state index contributed by atoms with van der Waals surface area (Å²) in [5, 5.41) is 0. The Balaban J connectivity index is 1.61. The van der Waals surface area contributed by atoms with E-state index in [1.54, 1.807) is 12.1 Å². The molecule has 1 aliphatic heterocycles. The zero-order valence-corrected chi connectivity index (χ0v) is 15.1. The Kier molecular flexibility index (Phi) is 4.91. The summed E-state index contributed by atoms with van der Waals surface area (Å²) in [4.78, 5) is 6.72. The number of nitrogens with one attached hydrogen (secondary N) is 1. The van der Waals surface area contributed by atoms with Gasteiger partial charge in [-0.2, -0.15) is 0 Å². The molecule has 3 rings (SSSR count). The second-order valence-corrected chi connectivity index (χ2v) is 9.23. The van der Waals surface area contributed by atoms with Crippen LogP contribution in [0.15, 0.2) is 34.5 Å². The average molecular weight is 372 g/mol. The molecule has 124 valence electrons. The molecule has 0 amide bonds. The first-order valence-corrected chi connectivity index (χ1v) is 10.1. The lowest BCUT2D eigenvalue weighted by atomic mass is 10.1. The Morgan fingerprint density at radius 3 is 2.61 bits per heavy atom. The van der Waals surface area contributed by atoms with E-state index in [0.717, 1.165) is 48.8 Å². The van der Waals surface area contributed by atoms with E-state index in [9.17, 15) is 8.42 Å². The van der Waals surface area contributed by atoms with Crippen molar-refractivity contribution in [3.63, 3.8) is 0 Å². The van der Waals surface area contributed by atoms with Crippen molar-refractivity contribution in [3.05, 3.63) is 40.4 Å².